The monoisotopic (exact) mass is 775 g/mol. The highest BCUT2D eigenvalue weighted by Gasteiger charge is 2.47. The standard InChI is InChI=1S/C44H57N5O4Si2/c1-43(2,3)54(7,8)51-28-37-36(53-55(9,10)44(4,5)6)25-38(52-37)49-29-46-39-40(49)47-42(48-41(39)50-27-30-18-12-11-13-19-30)45-26-35-33-22-16-14-20-31(33)24-32-21-15-17-23-34(32)35/h11-24,29,36-38H,25-28H2,1-10H3,(H,45,47,48). The molecule has 3 heterocycles. The van der Waals surface area contributed by atoms with E-state index in [9.17, 15) is 0 Å². The highest BCUT2D eigenvalue weighted by molar-refractivity contribution is 6.74. The van der Waals surface area contributed by atoms with Crippen LogP contribution in [0.1, 0.15) is 65.3 Å². The number of benzene rings is 4. The fraction of sp³-hybridized carbons (Fsp3) is 0.432. The minimum atomic E-state index is -2.14. The predicted molar refractivity (Wildman–Crippen MR) is 229 cm³/mol. The van der Waals surface area contributed by atoms with Crippen LogP contribution in [-0.4, -0.2) is 55.0 Å². The van der Waals surface area contributed by atoms with Crippen molar-refractivity contribution in [3.05, 3.63) is 102 Å². The van der Waals surface area contributed by atoms with Gasteiger partial charge < -0.3 is 23.6 Å². The van der Waals surface area contributed by atoms with E-state index < -0.39 is 16.6 Å². The summed E-state index contributed by atoms with van der Waals surface area (Å²) in [6.45, 7) is 24.2. The molecule has 4 aromatic carbocycles. The fourth-order valence-corrected chi connectivity index (χ4v) is 9.05. The molecule has 1 aliphatic heterocycles. The molecule has 6 aromatic rings. The van der Waals surface area contributed by atoms with E-state index in [1.54, 1.807) is 0 Å². The largest absolute Gasteiger partial charge is 0.471 e. The van der Waals surface area contributed by atoms with Crippen LogP contribution in [-0.2, 0) is 26.7 Å². The lowest BCUT2D eigenvalue weighted by Gasteiger charge is -2.40. The Labute approximate surface area is 328 Å². The Bertz CT molecular complexity index is 2230. The van der Waals surface area contributed by atoms with Crippen LogP contribution in [0, 0.1) is 0 Å². The van der Waals surface area contributed by atoms with E-state index in [2.05, 4.69) is 128 Å². The molecular formula is C44H57N5O4Si2. The van der Waals surface area contributed by atoms with E-state index in [1.807, 2.05) is 41.2 Å². The molecule has 1 fully saturated rings. The first-order chi connectivity index (χ1) is 26.0. The number of hydrogen-bond acceptors (Lipinski definition) is 8. The molecule has 3 unspecified atom stereocenters. The lowest BCUT2D eigenvalue weighted by molar-refractivity contribution is -0.0383. The topological polar surface area (TPSA) is 92.6 Å². The molecule has 3 atom stereocenters. The van der Waals surface area contributed by atoms with Crippen LogP contribution in [0.4, 0.5) is 5.95 Å². The van der Waals surface area contributed by atoms with Crippen LogP contribution >= 0.6 is 0 Å². The summed E-state index contributed by atoms with van der Waals surface area (Å²) in [7, 11) is -4.18. The Hall–Kier alpha value is -4.14. The van der Waals surface area contributed by atoms with Crippen molar-refractivity contribution in [1.82, 2.24) is 19.5 Å². The van der Waals surface area contributed by atoms with Crippen molar-refractivity contribution < 1.29 is 18.3 Å². The van der Waals surface area contributed by atoms with Crippen molar-refractivity contribution >= 4 is 55.3 Å². The minimum absolute atomic E-state index is 0.0474. The number of hydrogen-bond donors (Lipinski definition) is 1. The van der Waals surface area contributed by atoms with Crippen LogP contribution in [0.3, 0.4) is 0 Å². The number of anilines is 1. The molecule has 290 valence electrons. The molecule has 1 saturated heterocycles. The molecule has 1 N–H and O–H groups in total. The van der Waals surface area contributed by atoms with Gasteiger partial charge in [0.05, 0.1) is 19.0 Å². The summed E-state index contributed by atoms with van der Waals surface area (Å²) in [5.41, 5.74) is 3.46. The van der Waals surface area contributed by atoms with Crippen LogP contribution in [0.2, 0.25) is 36.3 Å². The molecule has 11 heteroatoms. The molecule has 55 heavy (non-hydrogen) atoms. The second kappa shape index (κ2) is 15.1. The summed E-state index contributed by atoms with van der Waals surface area (Å²) >= 11 is 0. The molecule has 0 radical (unpaired) electrons. The van der Waals surface area contributed by atoms with E-state index in [0.717, 1.165) is 5.56 Å². The lowest BCUT2D eigenvalue weighted by Crippen LogP contribution is -2.48. The van der Waals surface area contributed by atoms with Gasteiger partial charge in [0, 0.05) is 13.0 Å². The minimum Gasteiger partial charge on any atom is -0.471 e. The summed E-state index contributed by atoms with van der Waals surface area (Å²) in [5.74, 6) is 0.877. The van der Waals surface area contributed by atoms with Gasteiger partial charge in [-0.25, -0.2) is 4.98 Å². The van der Waals surface area contributed by atoms with Gasteiger partial charge in [-0.3, -0.25) is 4.57 Å². The first-order valence-electron chi connectivity index (χ1n) is 19.5. The smallest absolute Gasteiger partial charge is 0.247 e. The van der Waals surface area contributed by atoms with Crippen LogP contribution in [0.5, 0.6) is 5.88 Å². The van der Waals surface area contributed by atoms with Gasteiger partial charge in [-0.2, -0.15) is 9.97 Å². The maximum absolute atomic E-state index is 7.11. The molecule has 0 bridgehead atoms. The van der Waals surface area contributed by atoms with Gasteiger partial charge in [0.2, 0.25) is 11.8 Å². The molecule has 0 saturated carbocycles. The number of nitrogens with one attached hydrogen (secondary N) is 1. The second-order valence-corrected chi connectivity index (χ2v) is 27.5. The molecule has 1 aliphatic rings. The summed E-state index contributed by atoms with van der Waals surface area (Å²) in [6.07, 6.45) is 1.72. The zero-order valence-electron chi connectivity index (χ0n) is 34.1. The number of imidazole rings is 1. The quantitative estimate of drug-likeness (QED) is 0.0970. The third-order valence-electron chi connectivity index (χ3n) is 12.1. The zero-order chi connectivity index (χ0) is 39.2. The molecule has 2 aromatic heterocycles. The summed E-state index contributed by atoms with van der Waals surface area (Å²) in [6, 6.07) is 29.4. The van der Waals surface area contributed by atoms with Crippen molar-refractivity contribution in [1.29, 1.82) is 0 Å². The van der Waals surface area contributed by atoms with Crippen molar-refractivity contribution in [3.8, 4) is 5.88 Å². The first-order valence-corrected chi connectivity index (χ1v) is 25.3. The summed E-state index contributed by atoms with van der Waals surface area (Å²) in [5, 5.41) is 8.48. The number of ether oxygens (including phenoxy) is 2. The van der Waals surface area contributed by atoms with E-state index in [-0.39, 0.29) is 28.5 Å². The number of nitrogens with zero attached hydrogens (tertiary/aromatic N) is 4. The molecule has 7 rings (SSSR count). The summed E-state index contributed by atoms with van der Waals surface area (Å²) < 4.78 is 29.3. The third-order valence-corrected chi connectivity index (χ3v) is 21.1. The summed E-state index contributed by atoms with van der Waals surface area (Å²) in [4.78, 5) is 14.9. The van der Waals surface area contributed by atoms with Gasteiger partial charge in [0.25, 0.3) is 0 Å². The average Bonchev–Trinajstić information content (AvgIpc) is 3.74. The first kappa shape index (κ1) is 39.1. The highest BCUT2D eigenvalue weighted by Crippen LogP contribution is 2.43. The van der Waals surface area contributed by atoms with E-state index in [1.165, 1.54) is 27.1 Å². The van der Waals surface area contributed by atoms with Crippen molar-refractivity contribution in [2.24, 2.45) is 0 Å². The number of rotatable bonds is 12. The normalized spacial score (nSPS) is 18.4. The van der Waals surface area contributed by atoms with Crippen molar-refractivity contribution in [2.45, 2.75) is 116 Å². The highest BCUT2D eigenvalue weighted by atomic mass is 28.4. The van der Waals surface area contributed by atoms with Crippen LogP contribution in [0.15, 0.2) is 91.3 Å². The third kappa shape index (κ3) is 8.22. The van der Waals surface area contributed by atoms with Gasteiger partial charge in [-0.1, -0.05) is 120 Å². The van der Waals surface area contributed by atoms with E-state index in [0.29, 0.717) is 49.2 Å². The Morgan fingerprint density at radius 1 is 0.800 bits per heavy atom. The van der Waals surface area contributed by atoms with Gasteiger partial charge in [0.1, 0.15) is 18.9 Å². The molecule has 0 spiro atoms. The van der Waals surface area contributed by atoms with Crippen molar-refractivity contribution in [2.75, 3.05) is 11.9 Å². The zero-order valence-corrected chi connectivity index (χ0v) is 36.1. The second-order valence-electron chi connectivity index (χ2n) is 18.0. The Kier molecular flexibility index (Phi) is 10.7. The predicted octanol–water partition coefficient (Wildman–Crippen LogP) is 11.0. The van der Waals surface area contributed by atoms with E-state index >= 15 is 0 Å². The molecule has 9 nitrogen and oxygen atoms in total. The number of fused-ring (bicyclic) bond motifs is 3. The van der Waals surface area contributed by atoms with Crippen molar-refractivity contribution in [3.63, 3.8) is 0 Å². The van der Waals surface area contributed by atoms with Crippen LogP contribution in [0.25, 0.3) is 32.7 Å². The van der Waals surface area contributed by atoms with Gasteiger partial charge >= 0.3 is 0 Å². The molecule has 0 amide bonds. The number of aromatic nitrogens is 4. The Balaban J connectivity index is 1.24. The molecular weight excluding hydrogens is 719 g/mol. The maximum Gasteiger partial charge on any atom is 0.247 e. The Morgan fingerprint density at radius 2 is 1.42 bits per heavy atom. The van der Waals surface area contributed by atoms with Crippen LogP contribution < -0.4 is 10.1 Å². The molecule has 0 aliphatic carbocycles. The lowest BCUT2D eigenvalue weighted by atomic mass is 9.97. The maximum atomic E-state index is 7.11. The fourth-order valence-electron chi connectivity index (χ4n) is 6.68. The SMILES string of the molecule is CC(C)(C)[Si](C)(C)OCC1OC(n2cnc3c(OCc4ccccc4)nc(NCc4c5ccccc5cc5ccccc45)nc32)CC1O[Si](C)(C)C(C)(C)C. The Morgan fingerprint density at radius 3 is 2.05 bits per heavy atom. The van der Waals surface area contributed by atoms with Gasteiger partial charge in [0.15, 0.2) is 27.8 Å². The van der Waals surface area contributed by atoms with E-state index in [4.69, 9.17) is 33.3 Å². The van der Waals surface area contributed by atoms with Gasteiger partial charge in [-0.15, -0.1) is 0 Å². The average molecular weight is 776 g/mol. The van der Waals surface area contributed by atoms with Gasteiger partial charge in [-0.05, 0) is 75.0 Å².